The Morgan fingerprint density at radius 3 is 3.17 bits per heavy atom. The van der Waals surface area contributed by atoms with Gasteiger partial charge in [0, 0.05) is 18.1 Å². The molecule has 7 nitrogen and oxygen atoms in total. The predicted molar refractivity (Wildman–Crippen MR) is 87.6 cm³/mol. The highest BCUT2D eigenvalue weighted by Gasteiger charge is 2.38. The maximum atomic E-state index is 12.4. The van der Waals surface area contributed by atoms with Gasteiger partial charge in [-0.25, -0.2) is 9.78 Å². The molecule has 0 unspecified atom stereocenters. The summed E-state index contributed by atoms with van der Waals surface area (Å²) in [7, 11) is 1.59. The molecule has 1 N–H and O–H groups in total. The third kappa shape index (κ3) is 3.65. The molecule has 24 heavy (non-hydrogen) atoms. The third-order valence-electron chi connectivity index (χ3n) is 3.67. The SMILES string of the molecule is COc1cccc(CNC(=O)[C@@H]2COC(=O)N2Cc2nccs2)c1. The molecule has 2 amide bonds. The van der Waals surface area contributed by atoms with Gasteiger partial charge in [-0.1, -0.05) is 12.1 Å². The van der Waals surface area contributed by atoms with E-state index in [-0.39, 0.29) is 19.1 Å². The normalized spacial score (nSPS) is 16.8. The second-order valence-corrected chi connectivity index (χ2v) is 6.19. The van der Waals surface area contributed by atoms with Crippen LogP contribution in [0.15, 0.2) is 35.8 Å². The highest BCUT2D eigenvalue weighted by molar-refractivity contribution is 7.09. The van der Waals surface area contributed by atoms with E-state index in [2.05, 4.69) is 10.3 Å². The fourth-order valence-electron chi connectivity index (χ4n) is 2.41. The van der Waals surface area contributed by atoms with Crippen molar-refractivity contribution in [3.8, 4) is 5.75 Å². The van der Waals surface area contributed by atoms with Crippen molar-refractivity contribution in [2.75, 3.05) is 13.7 Å². The van der Waals surface area contributed by atoms with E-state index < -0.39 is 12.1 Å². The van der Waals surface area contributed by atoms with E-state index in [1.807, 2.05) is 29.6 Å². The molecule has 1 aliphatic rings. The Hall–Kier alpha value is -2.61. The molecule has 3 rings (SSSR count). The molecule has 1 atom stereocenters. The second kappa shape index (κ2) is 7.31. The van der Waals surface area contributed by atoms with Crippen molar-refractivity contribution in [2.24, 2.45) is 0 Å². The zero-order chi connectivity index (χ0) is 16.9. The van der Waals surface area contributed by atoms with Gasteiger partial charge < -0.3 is 14.8 Å². The van der Waals surface area contributed by atoms with E-state index in [1.165, 1.54) is 16.2 Å². The average Bonchev–Trinajstić information content (AvgIpc) is 3.24. The summed E-state index contributed by atoms with van der Waals surface area (Å²) in [6.07, 6.45) is 1.17. The van der Waals surface area contributed by atoms with Crippen molar-refractivity contribution in [3.63, 3.8) is 0 Å². The molecule has 1 saturated heterocycles. The summed E-state index contributed by atoms with van der Waals surface area (Å²) >= 11 is 1.43. The maximum Gasteiger partial charge on any atom is 0.411 e. The zero-order valence-electron chi connectivity index (χ0n) is 13.1. The summed E-state index contributed by atoms with van der Waals surface area (Å²) in [6, 6.07) is 6.80. The summed E-state index contributed by atoms with van der Waals surface area (Å²) in [5, 5.41) is 5.43. The fourth-order valence-corrected chi connectivity index (χ4v) is 3.02. The number of cyclic esters (lactones) is 1. The number of nitrogens with zero attached hydrogens (tertiary/aromatic N) is 2. The average molecular weight is 347 g/mol. The van der Waals surface area contributed by atoms with Crippen LogP contribution in [0.1, 0.15) is 10.6 Å². The second-order valence-electron chi connectivity index (χ2n) is 5.22. The Labute approximate surface area is 143 Å². The molecule has 0 saturated carbocycles. The molecule has 2 aromatic rings. The minimum atomic E-state index is -0.646. The van der Waals surface area contributed by atoms with E-state index in [0.717, 1.165) is 16.3 Å². The van der Waals surface area contributed by atoms with Crippen molar-refractivity contribution in [1.82, 2.24) is 15.2 Å². The number of hydrogen-bond acceptors (Lipinski definition) is 6. The monoisotopic (exact) mass is 347 g/mol. The highest BCUT2D eigenvalue weighted by Crippen LogP contribution is 2.18. The number of ether oxygens (including phenoxy) is 2. The molecule has 0 bridgehead atoms. The van der Waals surface area contributed by atoms with Gasteiger partial charge >= 0.3 is 6.09 Å². The molecule has 0 radical (unpaired) electrons. The van der Waals surface area contributed by atoms with E-state index in [4.69, 9.17) is 9.47 Å². The molecular formula is C16H17N3O4S. The molecule has 2 heterocycles. The van der Waals surface area contributed by atoms with Crippen LogP contribution in [-0.4, -0.2) is 41.6 Å². The Bertz CT molecular complexity index is 720. The number of benzene rings is 1. The van der Waals surface area contributed by atoms with Gasteiger partial charge in [-0.3, -0.25) is 9.69 Å². The van der Waals surface area contributed by atoms with Crippen LogP contribution in [0.4, 0.5) is 4.79 Å². The molecular weight excluding hydrogens is 330 g/mol. The summed E-state index contributed by atoms with van der Waals surface area (Å²) < 4.78 is 10.2. The third-order valence-corrected chi connectivity index (χ3v) is 4.43. The minimum Gasteiger partial charge on any atom is -0.497 e. The molecule has 1 fully saturated rings. The molecule has 1 aromatic carbocycles. The van der Waals surface area contributed by atoms with E-state index >= 15 is 0 Å². The van der Waals surface area contributed by atoms with Gasteiger partial charge in [-0.05, 0) is 17.7 Å². The maximum absolute atomic E-state index is 12.4. The van der Waals surface area contributed by atoms with Gasteiger partial charge in [0.05, 0.1) is 13.7 Å². The standard InChI is InChI=1S/C16H17N3O4S/c1-22-12-4-2-3-11(7-12)8-18-15(20)13-10-23-16(21)19(13)9-14-17-5-6-24-14/h2-7,13H,8-10H2,1H3,(H,18,20)/t13-/m0/s1. The van der Waals surface area contributed by atoms with Gasteiger partial charge in [-0.15, -0.1) is 11.3 Å². The van der Waals surface area contributed by atoms with Crippen LogP contribution in [-0.2, 0) is 22.6 Å². The molecule has 1 aromatic heterocycles. The Morgan fingerprint density at radius 1 is 1.54 bits per heavy atom. The lowest BCUT2D eigenvalue weighted by Crippen LogP contribution is -2.45. The van der Waals surface area contributed by atoms with Gasteiger partial charge in [0.1, 0.15) is 23.4 Å². The number of rotatable bonds is 6. The van der Waals surface area contributed by atoms with Gasteiger partial charge in [0.2, 0.25) is 5.91 Å². The number of hydrogen-bond donors (Lipinski definition) is 1. The fraction of sp³-hybridized carbons (Fsp3) is 0.312. The van der Waals surface area contributed by atoms with Crippen LogP contribution in [0, 0.1) is 0 Å². The lowest BCUT2D eigenvalue weighted by Gasteiger charge is -2.19. The first-order chi connectivity index (χ1) is 11.7. The molecule has 8 heteroatoms. The largest absolute Gasteiger partial charge is 0.497 e. The Kier molecular flexibility index (Phi) is 4.95. The van der Waals surface area contributed by atoms with E-state index in [0.29, 0.717) is 6.54 Å². The van der Waals surface area contributed by atoms with Crippen LogP contribution in [0.3, 0.4) is 0 Å². The van der Waals surface area contributed by atoms with Gasteiger partial charge in [0.15, 0.2) is 0 Å². The number of amides is 2. The topological polar surface area (TPSA) is 80.8 Å². The molecule has 0 aliphatic carbocycles. The number of thiazole rings is 1. The van der Waals surface area contributed by atoms with E-state index in [1.54, 1.807) is 13.3 Å². The summed E-state index contributed by atoms with van der Waals surface area (Å²) in [4.78, 5) is 29.8. The van der Waals surface area contributed by atoms with Crippen LogP contribution < -0.4 is 10.1 Å². The summed E-state index contributed by atoms with van der Waals surface area (Å²) in [5.74, 6) is 0.478. The quantitative estimate of drug-likeness (QED) is 0.862. The van der Waals surface area contributed by atoms with Crippen molar-refractivity contribution in [3.05, 3.63) is 46.4 Å². The van der Waals surface area contributed by atoms with Crippen molar-refractivity contribution < 1.29 is 19.1 Å². The predicted octanol–water partition coefficient (Wildman–Crippen LogP) is 1.79. The zero-order valence-corrected chi connectivity index (χ0v) is 13.9. The lowest BCUT2D eigenvalue weighted by molar-refractivity contribution is -0.125. The first-order valence-electron chi connectivity index (χ1n) is 7.40. The van der Waals surface area contributed by atoms with Crippen molar-refractivity contribution in [1.29, 1.82) is 0 Å². The van der Waals surface area contributed by atoms with Crippen LogP contribution in [0.25, 0.3) is 0 Å². The number of methoxy groups -OCH3 is 1. The Morgan fingerprint density at radius 2 is 2.42 bits per heavy atom. The lowest BCUT2D eigenvalue weighted by atomic mass is 10.2. The summed E-state index contributed by atoms with van der Waals surface area (Å²) in [6.45, 7) is 0.674. The summed E-state index contributed by atoms with van der Waals surface area (Å²) in [5.41, 5.74) is 0.916. The number of nitrogens with one attached hydrogen (secondary N) is 1. The first kappa shape index (κ1) is 16.3. The van der Waals surface area contributed by atoms with Crippen molar-refractivity contribution >= 4 is 23.3 Å². The van der Waals surface area contributed by atoms with E-state index in [9.17, 15) is 9.59 Å². The van der Waals surface area contributed by atoms with Crippen LogP contribution in [0.2, 0.25) is 0 Å². The minimum absolute atomic E-state index is 0.0498. The highest BCUT2D eigenvalue weighted by atomic mass is 32.1. The molecule has 126 valence electrons. The van der Waals surface area contributed by atoms with Gasteiger partial charge in [0.25, 0.3) is 0 Å². The number of carbonyl (C=O) groups is 2. The Balaban J connectivity index is 1.61. The van der Waals surface area contributed by atoms with Crippen LogP contribution >= 0.6 is 11.3 Å². The number of carbonyl (C=O) groups excluding carboxylic acids is 2. The van der Waals surface area contributed by atoms with Crippen LogP contribution in [0.5, 0.6) is 5.75 Å². The van der Waals surface area contributed by atoms with Crippen molar-refractivity contribution in [2.45, 2.75) is 19.1 Å². The molecule has 0 spiro atoms. The van der Waals surface area contributed by atoms with Gasteiger partial charge in [-0.2, -0.15) is 0 Å². The first-order valence-corrected chi connectivity index (χ1v) is 8.28. The molecule has 1 aliphatic heterocycles. The number of aromatic nitrogens is 1. The smallest absolute Gasteiger partial charge is 0.411 e.